The van der Waals surface area contributed by atoms with Gasteiger partial charge in [-0.15, -0.1) is 0 Å². The second-order valence-electron chi connectivity index (χ2n) is 10.0. The van der Waals surface area contributed by atoms with E-state index in [9.17, 15) is 18.0 Å². The normalized spacial score (nSPS) is 15.6. The van der Waals surface area contributed by atoms with Crippen LogP contribution < -0.4 is 0 Å². The van der Waals surface area contributed by atoms with E-state index in [1.165, 1.54) is 6.26 Å². The second-order valence-corrected chi connectivity index (χ2v) is 12.1. The lowest BCUT2D eigenvalue weighted by molar-refractivity contribution is -0.130. The van der Waals surface area contributed by atoms with Gasteiger partial charge >= 0.3 is 0 Å². The Hall–Kier alpha value is -2.71. The highest BCUT2D eigenvalue weighted by Gasteiger charge is 2.25. The number of hydrogen-bond donors (Lipinski definition) is 0. The Labute approximate surface area is 222 Å². The number of unbranched alkanes of at least 4 members (excludes halogenated alkanes) is 1. The number of hydrogen-bond acceptors (Lipinski definition) is 5. The first kappa shape index (κ1) is 28.9. The molecular weight excluding hydrogens is 486 g/mol. The predicted molar refractivity (Wildman–Crippen MR) is 147 cm³/mol. The summed E-state index contributed by atoms with van der Waals surface area (Å²) >= 11 is 0. The molecule has 1 atom stereocenters. The molecule has 8 heteroatoms. The van der Waals surface area contributed by atoms with Crippen LogP contribution >= 0.6 is 0 Å². The molecule has 0 aromatic heterocycles. The van der Waals surface area contributed by atoms with Gasteiger partial charge in [0.2, 0.25) is 5.91 Å². The van der Waals surface area contributed by atoms with Crippen molar-refractivity contribution >= 4 is 21.7 Å². The number of carbonyl (C=O) groups is 2. The smallest absolute Gasteiger partial charge is 0.254 e. The molecule has 37 heavy (non-hydrogen) atoms. The summed E-state index contributed by atoms with van der Waals surface area (Å²) in [5.74, 6) is -0.0518. The van der Waals surface area contributed by atoms with Gasteiger partial charge in [-0.3, -0.25) is 9.59 Å². The van der Waals surface area contributed by atoms with Crippen LogP contribution in [-0.4, -0.2) is 86.5 Å². The maximum absolute atomic E-state index is 12.9. The highest BCUT2D eigenvalue weighted by atomic mass is 32.2. The van der Waals surface area contributed by atoms with Crippen LogP contribution in [0.3, 0.4) is 0 Å². The van der Waals surface area contributed by atoms with Gasteiger partial charge in [0.1, 0.15) is 6.54 Å². The van der Waals surface area contributed by atoms with Crippen LogP contribution in [0, 0.1) is 0 Å². The van der Waals surface area contributed by atoms with Crippen molar-refractivity contribution in [2.45, 2.75) is 56.9 Å². The van der Waals surface area contributed by atoms with E-state index >= 15 is 0 Å². The lowest BCUT2D eigenvalue weighted by Crippen LogP contribution is -2.40. The average Bonchev–Trinajstić information content (AvgIpc) is 3.06. The monoisotopic (exact) mass is 527 g/mol. The number of benzene rings is 2. The first-order valence-corrected chi connectivity index (χ1v) is 15.2. The summed E-state index contributed by atoms with van der Waals surface area (Å²) in [7, 11) is -3.18. The Kier molecular flexibility index (Phi) is 10.7. The molecule has 0 saturated carbocycles. The van der Waals surface area contributed by atoms with Crippen molar-refractivity contribution < 1.29 is 18.0 Å². The standard InChI is InChI=1S/C29H41N3O4S/c1-4-17-30(24(2)22-25-13-15-27(16-14-25)37(3,35)36)18-8-9-19-31-20-10-21-32(23-28(31)33)29(34)26-11-6-5-7-12-26/h5-7,11-16,24H,4,8-10,17-23H2,1-3H3. The van der Waals surface area contributed by atoms with Gasteiger partial charge in [-0.1, -0.05) is 37.3 Å². The molecule has 202 valence electrons. The van der Waals surface area contributed by atoms with Crippen molar-refractivity contribution in [3.05, 3.63) is 65.7 Å². The Balaban J connectivity index is 1.46. The fourth-order valence-corrected chi connectivity index (χ4v) is 5.52. The Bertz CT molecular complexity index is 1120. The van der Waals surface area contributed by atoms with Crippen molar-refractivity contribution in [3.8, 4) is 0 Å². The van der Waals surface area contributed by atoms with Crippen LogP contribution in [0.2, 0.25) is 0 Å². The molecule has 0 N–H and O–H groups in total. The molecule has 7 nitrogen and oxygen atoms in total. The highest BCUT2D eigenvalue weighted by molar-refractivity contribution is 7.90. The van der Waals surface area contributed by atoms with Crippen molar-refractivity contribution in [2.24, 2.45) is 0 Å². The van der Waals surface area contributed by atoms with Gasteiger partial charge < -0.3 is 14.7 Å². The van der Waals surface area contributed by atoms with E-state index in [4.69, 9.17) is 0 Å². The molecule has 2 aromatic carbocycles. The summed E-state index contributed by atoms with van der Waals surface area (Å²) in [6.07, 6.45) is 5.86. The summed E-state index contributed by atoms with van der Waals surface area (Å²) in [6.45, 7) is 8.51. The van der Waals surface area contributed by atoms with Gasteiger partial charge in [0.05, 0.1) is 4.90 Å². The predicted octanol–water partition coefficient (Wildman–Crippen LogP) is 3.89. The average molecular weight is 528 g/mol. The molecule has 1 fully saturated rings. The van der Waals surface area contributed by atoms with Crippen molar-refractivity contribution in [1.82, 2.24) is 14.7 Å². The Morgan fingerprint density at radius 1 is 1.00 bits per heavy atom. The number of sulfone groups is 1. The molecular formula is C29H41N3O4S. The fourth-order valence-electron chi connectivity index (χ4n) is 4.89. The second kappa shape index (κ2) is 13.7. The van der Waals surface area contributed by atoms with E-state index in [1.54, 1.807) is 29.2 Å². The van der Waals surface area contributed by atoms with E-state index < -0.39 is 9.84 Å². The number of nitrogens with zero attached hydrogens (tertiary/aromatic N) is 3. The molecule has 0 bridgehead atoms. The third kappa shape index (κ3) is 8.68. The zero-order valence-electron chi connectivity index (χ0n) is 22.4. The van der Waals surface area contributed by atoms with E-state index in [2.05, 4.69) is 18.7 Å². The van der Waals surface area contributed by atoms with Gasteiger partial charge in [0.15, 0.2) is 9.84 Å². The molecule has 0 aliphatic carbocycles. The Morgan fingerprint density at radius 3 is 2.35 bits per heavy atom. The summed E-state index contributed by atoms with van der Waals surface area (Å²) in [5.41, 5.74) is 1.76. The van der Waals surface area contributed by atoms with Crippen LogP contribution in [0.15, 0.2) is 59.5 Å². The topological polar surface area (TPSA) is 78.0 Å². The van der Waals surface area contributed by atoms with Gasteiger partial charge in [-0.25, -0.2) is 8.42 Å². The zero-order valence-corrected chi connectivity index (χ0v) is 23.3. The molecule has 1 unspecified atom stereocenters. The summed E-state index contributed by atoms with van der Waals surface area (Å²) in [6, 6.07) is 16.7. The van der Waals surface area contributed by atoms with Crippen LogP contribution in [0.4, 0.5) is 0 Å². The van der Waals surface area contributed by atoms with Crippen molar-refractivity contribution in [2.75, 3.05) is 45.5 Å². The van der Waals surface area contributed by atoms with Crippen molar-refractivity contribution in [1.29, 1.82) is 0 Å². The Morgan fingerprint density at radius 2 is 1.70 bits per heavy atom. The van der Waals surface area contributed by atoms with Crippen LogP contribution in [0.25, 0.3) is 0 Å². The molecule has 3 rings (SSSR count). The summed E-state index contributed by atoms with van der Waals surface area (Å²) < 4.78 is 23.4. The van der Waals surface area contributed by atoms with Crippen molar-refractivity contribution in [3.63, 3.8) is 0 Å². The van der Waals surface area contributed by atoms with Crippen LogP contribution in [0.1, 0.15) is 55.5 Å². The molecule has 1 saturated heterocycles. The number of rotatable bonds is 12. The molecule has 0 radical (unpaired) electrons. The highest BCUT2D eigenvalue weighted by Crippen LogP contribution is 2.15. The van der Waals surface area contributed by atoms with E-state index in [0.717, 1.165) is 50.8 Å². The third-order valence-corrected chi connectivity index (χ3v) is 8.11. The third-order valence-electron chi connectivity index (χ3n) is 6.98. The molecule has 1 heterocycles. The largest absolute Gasteiger partial charge is 0.341 e. The van der Waals surface area contributed by atoms with Crippen LogP contribution in [-0.2, 0) is 21.1 Å². The maximum atomic E-state index is 12.9. The molecule has 1 aliphatic rings. The van der Waals surface area contributed by atoms with Gasteiger partial charge in [-0.2, -0.15) is 0 Å². The van der Waals surface area contributed by atoms with E-state index in [1.807, 2.05) is 35.2 Å². The maximum Gasteiger partial charge on any atom is 0.254 e. The summed E-state index contributed by atoms with van der Waals surface area (Å²) in [5, 5.41) is 0. The molecule has 0 spiro atoms. The number of carbonyl (C=O) groups excluding carboxylic acids is 2. The molecule has 1 aliphatic heterocycles. The number of amides is 2. The minimum Gasteiger partial charge on any atom is -0.341 e. The van der Waals surface area contributed by atoms with Gasteiger partial charge in [0.25, 0.3) is 5.91 Å². The SMILES string of the molecule is CCCN(CCCCN1CCCN(C(=O)c2ccccc2)CC1=O)C(C)Cc1ccc(S(C)(=O)=O)cc1. The lowest BCUT2D eigenvalue weighted by Gasteiger charge is -2.29. The van der Waals surface area contributed by atoms with Gasteiger partial charge in [0, 0.05) is 37.5 Å². The minimum atomic E-state index is -3.18. The molecule has 2 aromatic rings. The first-order chi connectivity index (χ1) is 17.7. The van der Waals surface area contributed by atoms with Crippen LogP contribution in [0.5, 0.6) is 0 Å². The lowest BCUT2D eigenvalue weighted by atomic mass is 10.1. The van der Waals surface area contributed by atoms with E-state index in [0.29, 0.717) is 36.1 Å². The first-order valence-electron chi connectivity index (χ1n) is 13.3. The van der Waals surface area contributed by atoms with Gasteiger partial charge in [-0.05, 0) is 81.9 Å². The molecule has 2 amide bonds. The minimum absolute atomic E-state index is 0.0260. The summed E-state index contributed by atoms with van der Waals surface area (Å²) in [4.78, 5) is 32.1. The quantitative estimate of drug-likeness (QED) is 0.392. The van der Waals surface area contributed by atoms with E-state index in [-0.39, 0.29) is 18.4 Å². The fraction of sp³-hybridized carbons (Fsp3) is 0.517. The zero-order chi connectivity index (χ0) is 26.8.